The number of pyridine rings is 1. The Hall–Kier alpha value is -2.48. The number of nitrogens with zero attached hydrogens (tertiary/aromatic N) is 2. The number of hydrogen-bond acceptors (Lipinski definition) is 3. The predicted octanol–water partition coefficient (Wildman–Crippen LogP) is 4.64. The standard InChI is InChI=1S/C16H14F2N2O/c1-2-9-16(17,18)15-8-7-14(11-20-15)21-13-5-3-12(10-19)4-6-13/h3-8,11H,2,9H2,1H3. The topological polar surface area (TPSA) is 45.9 Å². The zero-order valence-corrected chi connectivity index (χ0v) is 11.5. The zero-order valence-electron chi connectivity index (χ0n) is 11.5. The molecule has 1 aromatic carbocycles. The highest BCUT2D eigenvalue weighted by atomic mass is 19.3. The molecule has 0 bridgehead atoms. The number of hydrogen-bond donors (Lipinski definition) is 0. The summed E-state index contributed by atoms with van der Waals surface area (Å²) in [6.07, 6.45) is 1.44. The van der Waals surface area contributed by atoms with Gasteiger partial charge in [-0.25, -0.2) is 0 Å². The first-order valence-corrected chi connectivity index (χ1v) is 6.57. The molecule has 21 heavy (non-hydrogen) atoms. The van der Waals surface area contributed by atoms with E-state index in [4.69, 9.17) is 10.00 Å². The van der Waals surface area contributed by atoms with Crippen LogP contribution in [0.15, 0.2) is 42.6 Å². The first-order chi connectivity index (χ1) is 10.0. The quantitative estimate of drug-likeness (QED) is 0.805. The van der Waals surface area contributed by atoms with Crippen LogP contribution >= 0.6 is 0 Å². The van der Waals surface area contributed by atoms with Gasteiger partial charge in [0, 0.05) is 6.42 Å². The lowest BCUT2D eigenvalue weighted by Crippen LogP contribution is -2.14. The van der Waals surface area contributed by atoms with E-state index in [2.05, 4.69) is 4.98 Å². The summed E-state index contributed by atoms with van der Waals surface area (Å²) in [6, 6.07) is 11.2. The molecule has 0 saturated carbocycles. The highest BCUT2D eigenvalue weighted by Gasteiger charge is 2.31. The number of rotatable bonds is 5. The molecule has 3 nitrogen and oxygen atoms in total. The first-order valence-electron chi connectivity index (χ1n) is 6.57. The second-order valence-corrected chi connectivity index (χ2v) is 4.57. The van der Waals surface area contributed by atoms with Crippen molar-refractivity contribution in [2.75, 3.05) is 0 Å². The van der Waals surface area contributed by atoms with Crippen molar-refractivity contribution in [3.63, 3.8) is 0 Å². The van der Waals surface area contributed by atoms with Crippen LogP contribution in [-0.2, 0) is 5.92 Å². The Morgan fingerprint density at radius 2 is 1.81 bits per heavy atom. The predicted molar refractivity (Wildman–Crippen MR) is 74.3 cm³/mol. The molecule has 108 valence electrons. The van der Waals surface area contributed by atoms with Gasteiger partial charge in [-0.2, -0.15) is 14.0 Å². The van der Waals surface area contributed by atoms with Crippen LogP contribution in [0.25, 0.3) is 0 Å². The minimum Gasteiger partial charge on any atom is -0.456 e. The van der Waals surface area contributed by atoms with Gasteiger partial charge >= 0.3 is 0 Å². The van der Waals surface area contributed by atoms with Crippen LogP contribution in [0, 0.1) is 11.3 Å². The number of aromatic nitrogens is 1. The maximum Gasteiger partial charge on any atom is 0.289 e. The molecule has 5 heteroatoms. The summed E-state index contributed by atoms with van der Waals surface area (Å²) in [5.41, 5.74) is 0.270. The second-order valence-electron chi connectivity index (χ2n) is 4.57. The van der Waals surface area contributed by atoms with Gasteiger partial charge in [0.2, 0.25) is 0 Å². The smallest absolute Gasteiger partial charge is 0.289 e. The van der Waals surface area contributed by atoms with Gasteiger partial charge in [-0.3, -0.25) is 4.98 Å². The van der Waals surface area contributed by atoms with Crippen molar-refractivity contribution < 1.29 is 13.5 Å². The van der Waals surface area contributed by atoms with Gasteiger partial charge < -0.3 is 4.74 Å². The molecule has 2 aromatic rings. The van der Waals surface area contributed by atoms with Crippen molar-refractivity contribution in [3.8, 4) is 17.6 Å². The number of halogens is 2. The molecule has 0 N–H and O–H groups in total. The Bertz CT molecular complexity index is 631. The number of nitriles is 1. The molecule has 0 saturated heterocycles. The molecule has 0 aliphatic rings. The first kappa shape index (κ1) is 14.9. The van der Waals surface area contributed by atoms with Crippen LogP contribution in [0.1, 0.15) is 31.0 Å². The van der Waals surface area contributed by atoms with Crippen molar-refractivity contribution in [3.05, 3.63) is 53.9 Å². The van der Waals surface area contributed by atoms with Gasteiger partial charge in [0.15, 0.2) is 0 Å². The van der Waals surface area contributed by atoms with E-state index in [9.17, 15) is 8.78 Å². The fraction of sp³-hybridized carbons (Fsp3) is 0.250. The number of alkyl halides is 2. The van der Waals surface area contributed by atoms with E-state index in [0.717, 1.165) is 0 Å². The summed E-state index contributed by atoms with van der Waals surface area (Å²) in [5, 5.41) is 8.70. The summed E-state index contributed by atoms with van der Waals surface area (Å²) < 4.78 is 32.8. The second kappa shape index (κ2) is 6.31. The highest BCUT2D eigenvalue weighted by molar-refractivity contribution is 5.37. The average molecular weight is 288 g/mol. The third kappa shape index (κ3) is 3.76. The summed E-state index contributed by atoms with van der Waals surface area (Å²) in [6.45, 7) is 1.70. The zero-order chi connectivity index (χ0) is 15.3. The van der Waals surface area contributed by atoms with Gasteiger partial charge in [-0.1, -0.05) is 13.3 Å². The molecule has 0 aliphatic carbocycles. The van der Waals surface area contributed by atoms with Crippen LogP contribution < -0.4 is 4.74 Å². The van der Waals surface area contributed by atoms with E-state index in [1.165, 1.54) is 18.3 Å². The molecule has 0 atom stereocenters. The minimum absolute atomic E-state index is 0.226. The normalized spacial score (nSPS) is 11.0. The average Bonchev–Trinajstić information content (AvgIpc) is 2.48. The number of ether oxygens (including phenoxy) is 1. The van der Waals surface area contributed by atoms with Crippen molar-refractivity contribution in [2.45, 2.75) is 25.7 Å². The molecule has 0 aliphatic heterocycles. The van der Waals surface area contributed by atoms with Crippen molar-refractivity contribution in [1.82, 2.24) is 4.98 Å². The lowest BCUT2D eigenvalue weighted by atomic mass is 10.1. The molecule has 0 radical (unpaired) electrons. The highest BCUT2D eigenvalue weighted by Crippen LogP contribution is 2.32. The molecule has 1 heterocycles. The molecule has 2 rings (SSSR count). The molecular weight excluding hydrogens is 274 g/mol. The Kier molecular flexibility index (Phi) is 4.49. The third-order valence-electron chi connectivity index (χ3n) is 2.89. The Balaban J connectivity index is 2.10. The Morgan fingerprint density at radius 1 is 1.14 bits per heavy atom. The van der Waals surface area contributed by atoms with Crippen LogP contribution in [-0.4, -0.2) is 4.98 Å². The largest absolute Gasteiger partial charge is 0.456 e. The van der Waals surface area contributed by atoms with Crippen LogP contribution in [0.3, 0.4) is 0 Å². The van der Waals surface area contributed by atoms with Gasteiger partial charge in [0.25, 0.3) is 5.92 Å². The molecule has 1 aromatic heterocycles. The van der Waals surface area contributed by atoms with E-state index < -0.39 is 5.92 Å². The molecule has 0 amide bonds. The summed E-state index contributed by atoms with van der Waals surface area (Å²) in [5.74, 6) is -2.03. The fourth-order valence-corrected chi connectivity index (χ4v) is 1.83. The third-order valence-corrected chi connectivity index (χ3v) is 2.89. The van der Waals surface area contributed by atoms with Gasteiger partial charge in [-0.15, -0.1) is 0 Å². The van der Waals surface area contributed by atoms with Crippen LogP contribution in [0.5, 0.6) is 11.5 Å². The van der Waals surface area contributed by atoms with Gasteiger partial charge in [0.05, 0.1) is 17.8 Å². The van der Waals surface area contributed by atoms with E-state index in [1.54, 1.807) is 31.2 Å². The molecule has 0 unspecified atom stereocenters. The van der Waals surface area contributed by atoms with E-state index >= 15 is 0 Å². The van der Waals surface area contributed by atoms with E-state index in [-0.39, 0.29) is 12.1 Å². The molecular formula is C16H14F2N2O. The van der Waals surface area contributed by atoms with Gasteiger partial charge in [0.1, 0.15) is 17.2 Å². The summed E-state index contributed by atoms with van der Waals surface area (Å²) in [7, 11) is 0. The van der Waals surface area contributed by atoms with Crippen LogP contribution in [0.4, 0.5) is 8.78 Å². The lowest BCUT2D eigenvalue weighted by molar-refractivity contribution is -0.0184. The van der Waals surface area contributed by atoms with Gasteiger partial charge in [-0.05, 0) is 36.4 Å². The summed E-state index contributed by atoms with van der Waals surface area (Å²) in [4.78, 5) is 3.77. The van der Waals surface area contributed by atoms with Crippen LogP contribution in [0.2, 0.25) is 0 Å². The lowest BCUT2D eigenvalue weighted by Gasteiger charge is -2.14. The summed E-state index contributed by atoms with van der Waals surface area (Å²) >= 11 is 0. The fourth-order valence-electron chi connectivity index (χ4n) is 1.83. The Labute approximate surface area is 121 Å². The van der Waals surface area contributed by atoms with Crippen molar-refractivity contribution in [2.24, 2.45) is 0 Å². The minimum atomic E-state index is -2.91. The Morgan fingerprint density at radius 3 is 2.33 bits per heavy atom. The molecule has 0 fully saturated rings. The van der Waals surface area contributed by atoms with Crippen molar-refractivity contribution >= 4 is 0 Å². The monoisotopic (exact) mass is 288 g/mol. The van der Waals surface area contributed by atoms with E-state index in [1.807, 2.05) is 6.07 Å². The molecule has 0 spiro atoms. The SMILES string of the molecule is CCCC(F)(F)c1ccc(Oc2ccc(C#N)cc2)cn1. The van der Waals surface area contributed by atoms with Crippen molar-refractivity contribution in [1.29, 1.82) is 5.26 Å². The number of benzene rings is 1. The van der Waals surface area contributed by atoms with E-state index in [0.29, 0.717) is 23.5 Å². The maximum atomic E-state index is 13.7. The maximum absolute atomic E-state index is 13.7.